The number of benzene rings is 2. The molecule has 0 bridgehead atoms. The van der Waals surface area contributed by atoms with Gasteiger partial charge in [0, 0.05) is 11.8 Å². The summed E-state index contributed by atoms with van der Waals surface area (Å²) >= 11 is 0. The molecule has 0 radical (unpaired) electrons. The first kappa shape index (κ1) is 22.3. The van der Waals surface area contributed by atoms with Crippen LogP contribution in [0.4, 0.5) is 0 Å². The maximum Gasteiger partial charge on any atom is 0.305 e. The number of fused-ring (bicyclic) bond motifs is 1. The zero-order valence-electron chi connectivity index (χ0n) is 18.1. The lowest BCUT2D eigenvalue weighted by atomic mass is 9.74. The minimum atomic E-state index is -0.875. The highest BCUT2D eigenvalue weighted by atomic mass is 16.5. The van der Waals surface area contributed by atoms with E-state index in [4.69, 9.17) is 14.5 Å². The van der Waals surface area contributed by atoms with Crippen LogP contribution >= 0.6 is 0 Å². The van der Waals surface area contributed by atoms with Crippen molar-refractivity contribution in [1.29, 1.82) is 5.26 Å². The number of carbonyl (C=O) groups excluding carboxylic acids is 1. The van der Waals surface area contributed by atoms with Crippen LogP contribution in [0, 0.1) is 11.3 Å². The van der Waals surface area contributed by atoms with Gasteiger partial charge in [-0.05, 0) is 49.6 Å². The van der Waals surface area contributed by atoms with Gasteiger partial charge in [-0.1, -0.05) is 49.2 Å². The number of hydrogen-bond donors (Lipinski definition) is 0. The number of para-hydroxylation sites is 1. The van der Waals surface area contributed by atoms with Gasteiger partial charge in [0.25, 0.3) is 0 Å². The Kier molecular flexibility index (Phi) is 7.61. The standard InChI is InChI=1S/C26H28N2O3/c1-3-31-25(29)11-5-4-8-18-26(19-27,21-13-15-22(30-2)16-14-21)24-17-12-20-9-6-7-10-23(20)28-24/h6-7,9-10,12-17H,3-5,8,11,18H2,1-2H3. The van der Waals surface area contributed by atoms with E-state index in [1.807, 2.05) is 67.6 Å². The molecule has 5 nitrogen and oxygen atoms in total. The predicted octanol–water partition coefficient (Wildman–Crippen LogP) is 5.57. The third-order valence-electron chi connectivity index (χ3n) is 5.55. The molecule has 0 aliphatic carbocycles. The summed E-state index contributed by atoms with van der Waals surface area (Å²) in [5, 5.41) is 11.4. The van der Waals surface area contributed by atoms with E-state index in [9.17, 15) is 10.1 Å². The fraction of sp³-hybridized carbons (Fsp3) is 0.346. The number of hydrogen-bond acceptors (Lipinski definition) is 5. The first-order valence-corrected chi connectivity index (χ1v) is 10.7. The molecule has 0 N–H and O–H groups in total. The second kappa shape index (κ2) is 10.6. The molecule has 1 unspecified atom stereocenters. The van der Waals surface area contributed by atoms with Gasteiger partial charge in [-0.3, -0.25) is 9.78 Å². The molecule has 0 spiro atoms. The van der Waals surface area contributed by atoms with E-state index in [-0.39, 0.29) is 5.97 Å². The number of aromatic nitrogens is 1. The largest absolute Gasteiger partial charge is 0.497 e. The third-order valence-corrected chi connectivity index (χ3v) is 5.55. The van der Waals surface area contributed by atoms with Crippen LogP contribution in [0.2, 0.25) is 0 Å². The maximum absolute atomic E-state index is 11.6. The number of rotatable bonds is 10. The van der Waals surface area contributed by atoms with Gasteiger partial charge in [-0.2, -0.15) is 5.26 Å². The summed E-state index contributed by atoms with van der Waals surface area (Å²) < 4.78 is 10.3. The lowest BCUT2D eigenvalue weighted by Crippen LogP contribution is -2.27. The molecular weight excluding hydrogens is 388 g/mol. The lowest BCUT2D eigenvalue weighted by Gasteiger charge is -2.27. The third kappa shape index (κ3) is 5.21. The van der Waals surface area contributed by atoms with Gasteiger partial charge in [0.2, 0.25) is 0 Å². The molecule has 31 heavy (non-hydrogen) atoms. The zero-order valence-corrected chi connectivity index (χ0v) is 18.1. The monoisotopic (exact) mass is 416 g/mol. The molecule has 5 heteroatoms. The molecule has 0 amide bonds. The lowest BCUT2D eigenvalue weighted by molar-refractivity contribution is -0.143. The number of nitriles is 1. The number of unbranched alkanes of at least 4 members (excludes halogenated alkanes) is 2. The Morgan fingerprint density at radius 2 is 1.81 bits per heavy atom. The zero-order chi connectivity index (χ0) is 22.1. The molecule has 0 saturated carbocycles. The molecule has 0 saturated heterocycles. The van der Waals surface area contributed by atoms with Crippen LogP contribution in [0.25, 0.3) is 10.9 Å². The van der Waals surface area contributed by atoms with Gasteiger partial charge < -0.3 is 9.47 Å². The van der Waals surface area contributed by atoms with Gasteiger partial charge in [0.15, 0.2) is 0 Å². The smallest absolute Gasteiger partial charge is 0.305 e. The van der Waals surface area contributed by atoms with Crippen molar-refractivity contribution in [2.45, 2.75) is 44.4 Å². The minimum Gasteiger partial charge on any atom is -0.497 e. The van der Waals surface area contributed by atoms with Crippen LogP contribution in [0.5, 0.6) is 5.75 Å². The van der Waals surface area contributed by atoms with Crippen molar-refractivity contribution >= 4 is 16.9 Å². The van der Waals surface area contributed by atoms with Crippen LogP contribution in [-0.4, -0.2) is 24.7 Å². The fourth-order valence-electron chi connectivity index (χ4n) is 3.85. The first-order chi connectivity index (χ1) is 15.1. The van der Waals surface area contributed by atoms with Gasteiger partial charge in [-0.25, -0.2) is 0 Å². The number of pyridine rings is 1. The summed E-state index contributed by atoms with van der Waals surface area (Å²) in [4.78, 5) is 16.5. The Morgan fingerprint density at radius 1 is 1.03 bits per heavy atom. The molecule has 0 aliphatic rings. The van der Waals surface area contributed by atoms with E-state index < -0.39 is 5.41 Å². The molecule has 1 aromatic heterocycles. The average Bonchev–Trinajstić information content (AvgIpc) is 2.81. The highest BCUT2D eigenvalue weighted by Crippen LogP contribution is 2.37. The number of ether oxygens (including phenoxy) is 2. The minimum absolute atomic E-state index is 0.166. The number of nitrogens with zero attached hydrogens (tertiary/aromatic N) is 2. The van der Waals surface area contributed by atoms with Crippen LogP contribution in [-0.2, 0) is 14.9 Å². The molecule has 0 aliphatic heterocycles. The number of carbonyl (C=O) groups is 1. The summed E-state index contributed by atoms with van der Waals surface area (Å²) in [5.74, 6) is 0.580. The van der Waals surface area contributed by atoms with Gasteiger partial charge in [0.05, 0.1) is 31.0 Å². The van der Waals surface area contributed by atoms with E-state index in [2.05, 4.69) is 6.07 Å². The summed E-state index contributed by atoms with van der Waals surface area (Å²) in [6.07, 6.45) is 3.40. The Bertz CT molecular complexity index is 1060. The normalized spacial score (nSPS) is 12.7. The van der Waals surface area contributed by atoms with Gasteiger partial charge >= 0.3 is 5.97 Å². The van der Waals surface area contributed by atoms with Crippen LogP contribution in [0.1, 0.15) is 50.3 Å². The van der Waals surface area contributed by atoms with Crippen LogP contribution in [0.3, 0.4) is 0 Å². The van der Waals surface area contributed by atoms with Crippen LogP contribution in [0.15, 0.2) is 60.7 Å². The maximum atomic E-state index is 11.6. The van der Waals surface area contributed by atoms with Crippen molar-refractivity contribution < 1.29 is 14.3 Å². The Hall–Kier alpha value is -3.39. The molecule has 2 aromatic carbocycles. The van der Waals surface area contributed by atoms with Crippen molar-refractivity contribution in [3.63, 3.8) is 0 Å². The Morgan fingerprint density at radius 3 is 2.52 bits per heavy atom. The highest BCUT2D eigenvalue weighted by molar-refractivity contribution is 5.78. The Labute approximate surface area is 183 Å². The van der Waals surface area contributed by atoms with Crippen molar-refractivity contribution in [3.05, 3.63) is 71.9 Å². The van der Waals surface area contributed by atoms with E-state index >= 15 is 0 Å². The molecule has 0 fully saturated rings. The second-order valence-corrected chi connectivity index (χ2v) is 7.50. The number of esters is 1. The van der Waals surface area contributed by atoms with E-state index in [0.29, 0.717) is 19.4 Å². The van der Waals surface area contributed by atoms with Crippen molar-refractivity contribution in [2.24, 2.45) is 0 Å². The molecule has 160 valence electrons. The van der Waals surface area contributed by atoms with Crippen LogP contribution < -0.4 is 4.74 Å². The first-order valence-electron chi connectivity index (χ1n) is 10.7. The van der Waals surface area contributed by atoms with Crippen molar-refractivity contribution in [2.75, 3.05) is 13.7 Å². The van der Waals surface area contributed by atoms with E-state index in [1.54, 1.807) is 7.11 Å². The van der Waals surface area contributed by atoms with E-state index in [0.717, 1.165) is 47.2 Å². The predicted molar refractivity (Wildman–Crippen MR) is 121 cm³/mol. The quantitative estimate of drug-likeness (QED) is 0.319. The highest BCUT2D eigenvalue weighted by Gasteiger charge is 2.35. The summed E-state index contributed by atoms with van der Waals surface area (Å²) in [5.41, 5.74) is 1.63. The fourth-order valence-corrected chi connectivity index (χ4v) is 3.85. The van der Waals surface area contributed by atoms with E-state index in [1.165, 1.54) is 0 Å². The topological polar surface area (TPSA) is 72.2 Å². The SMILES string of the molecule is CCOC(=O)CCCCCC(C#N)(c1ccc(OC)cc1)c1ccc2ccccc2n1. The Balaban J connectivity index is 1.88. The van der Waals surface area contributed by atoms with Crippen molar-refractivity contribution in [3.8, 4) is 11.8 Å². The second-order valence-electron chi connectivity index (χ2n) is 7.50. The van der Waals surface area contributed by atoms with Crippen molar-refractivity contribution in [1.82, 2.24) is 4.98 Å². The molecule has 3 aromatic rings. The molecule has 3 rings (SSSR count). The van der Waals surface area contributed by atoms with Gasteiger partial charge in [0.1, 0.15) is 11.2 Å². The molecule has 1 heterocycles. The summed E-state index contributed by atoms with van der Waals surface area (Å²) in [6.45, 7) is 2.21. The summed E-state index contributed by atoms with van der Waals surface area (Å²) in [7, 11) is 1.63. The van der Waals surface area contributed by atoms with Gasteiger partial charge in [-0.15, -0.1) is 0 Å². The summed E-state index contributed by atoms with van der Waals surface area (Å²) in [6, 6.07) is 22.1. The molecular formula is C26H28N2O3. The average molecular weight is 417 g/mol. The molecule has 1 atom stereocenters. The number of methoxy groups -OCH3 is 1.